The molecule has 1 aromatic heterocycles. The van der Waals surface area contributed by atoms with E-state index in [1.165, 1.54) is 19.3 Å². The average molecular weight is 373 g/mol. The molecule has 3 heterocycles. The Hall–Kier alpha value is -1.56. The fourth-order valence-electron chi connectivity index (χ4n) is 6.15. The number of likely N-dealkylation sites (tertiary alicyclic amines) is 1. The highest BCUT2D eigenvalue weighted by molar-refractivity contribution is 5.76. The van der Waals surface area contributed by atoms with Gasteiger partial charge in [0.15, 0.2) is 11.6 Å². The largest absolute Gasteiger partial charge is 0.393 e. The van der Waals surface area contributed by atoms with Gasteiger partial charge in [0.05, 0.1) is 0 Å². The summed E-state index contributed by atoms with van der Waals surface area (Å²) in [5.74, 6) is 1.85. The lowest BCUT2D eigenvalue weighted by Gasteiger charge is -2.39. The molecule has 0 aromatic carbocycles. The van der Waals surface area contributed by atoms with Crippen molar-refractivity contribution in [2.45, 2.75) is 65.0 Å². The molecule has 0 amide bonds. The quantitative estimate of drug-likeness (QED) is 0.880. The Morgan fingerprint density at radius 2 is 1.85 bits per heavy atom. The fourth-order valence-corrected chi connectivity index (χ4v) is 6.15. The van der Waals surface area contributed by atoms with Crippen molar-refractivity contribution < 1.29 is 0 Å². The molecule has 2 unspecified atom stereocenters. The molecule has 1 aliphatic carbocycles. The summed E-state index contributed by atoms with van der Waals surface area (Å²) in [7, 11) is 4.34. The van der Waals surface area contributed by atoms with Crippen molar-refractivity contribution in [1.82, 2.24) is 14.9 Å². The van der Waals surface area contributed by atoms with Gasteiger partial charge in [-0.2, -0.15) is 0 Å². The van der Waals surface area contributed by atoms with Crippen LogP contribution in [0.4, 0.5) is 17.3 Å². The summed E-state index contributed by atoms with van der Waals surface area (Å²) in [6.07, 6.45) is 7.77. The molecule has 27 heavy (non-hydrogen) atoms. The maximum Gasteiger partial charge on any atom is 0.157 e. The first-order chi connectivity index (χ1) is 12.7. The lowest BCUT2D eigenvalue weighted by Crippen LogP contribution is -2.42. The van der Waals surface area contributed by atoms with Gasteiger partial charge in [-0.3, -0.25) is 0 Å². The fraction of sp³-hybridized carbons (Fsp3) is 0.810. The number of nitrogens with two attached hydrogens (primary N) is 1. The Kier molecular flexibility index (Phi) is 4.53. The first kappa shape index (κ1) is 18.8. The standard InChI is InChI=1S/C21H36N6/c1-20(2)10-16-11-21(3,12-20)13-27(16)19-17(22)18(23-14-24-19)26(5)15-6-8-25(4)9-7-15/h14-16H,6-13,22H2,1-5H3. The van der Waals surface area contributed by atoms with Gasteiger partial charge in [0.2, 0.25) is 0 Å². The number of aromatic nitrogens is 2. The van der Waals surface area contributed by atoms with Crippen LogP contribution in [0, 0.1) is 10.8 Å². The number of rotatable bonds is 3. The highest BCUT2D eigenvalue weighted by atomic mass is 15.3. The molecule has 0 spiro atoms. The first-order valence-corrected chi connectivity index (χ1v) is 10.5. The zero-order valence-corrected chi connectivity index (χ0v) is 17.7. The second-order valence-electron chi connectivity index (χ2n) is 10.4. The van der Waals surface area contributed by atoms with Gasteiger partial charge in [-0.1, -0.05) is 20.8 Å². The summed E-state index contributed by atoms with van der Waals surface area (Å²) in [6.45, 7) is 10.6. The van der Waals surface area contributed by atoms with Crippen LogP contribution in [0.1, 0.15) is 52.9 Å². The molecule has 1 aromatic rings. The highest BCUT2D eigenvalue weighted by Gasteiger charge is 2.50. The van der Waals surface area contributed by atoms with Crippen LogP contribution in [-0.4, -0.2) is 60.7 Å². The number of hydrogen-bond donors (Lipinski definition) is 1. The predicted octanol–water partition coefficient (Wildman–Crippen LogP) is 2.99. The molecule has 2 N–H and O–H groups in total. The number of nitrogen functional groups attached to an aromatic ring is 1. The monoisotopic (exact) mass is 372 g/mol. The minimum Gasteiger partial charge on any atom is -0.393 e. The molecular formula is C21H36N6. The van der Waals surface area contributed by atoms with Crippen molar-refractivity contribution in [1.29, 1.82) is 0 Å². The van der Waals surface area contributed by atoms with E-state index >= 15 is 0 Å². The Morgan fingerprint density at radius 3 is 2.56 bits per heavy atom. The average Bonchev–Trinajstić information content (AvgIpc) is 2.84. The number of nitrogens with zero attached hydrogens (tertiary/aromatic N) is 5. The second-order valence-corrected chi connectivity index (χ2v) is 10.4. The second kappa shape index (κ2) is 6.50. The van der Waals surface area contributed by atoms with E-state index in [1.807, 2.05) is 0 Å². The predicted molar refractivity (Wildman–Crippen MR) is 112 cm³/mol. The summed E-state index contributed by atoms with van der Waals surface area (Å²) < 4.78 is 0. The Bertz CT molecular complexity index is 696. The molecule has 1 saturated carbocycles. The molecule has 3 aliphatic rings. The molecule has 6 heteroatoms. The molecule has 2 aliphatic heterocycles. The third kappa shape index (κ3) is 3.48. The first-order valence-electron chi connectivity index (χ1n) is 10.5. The molecule has 0 radical (unpaired) electrons. The van der Waals surface area contributed by atoms with Crippen molar-refractivity contribution in [2.75, 3.05) is 49.3 Å². The van der Waals surface area contributed by atoms with Gasteiger partial charge >= 0.3 is 0 Å². The zero-order chi connectivity index (χ0) is 19.4. The SMILES string of the molecule is CN1CCC(N(C)c2ncnc(N3CC4(C)CC3CC(C)(C)C4)c2N)CC1. The molecule has 2 saturated heterocycles. The third-order valence-electron chi connectivity index (χ3n) is 7.10. The smallest absolute Gasteiger partial charge is 0.157 e. The number of piperidine rings is 1. The summed E-state index contributed by atoms with van der Waals surface area (Å²) in [5.41, 5.74) is 8.19. The van der Waals surface area contributed by atoms with Crippen LogP contribution in [0.15, 0.2) is 6.33 Å². The Balaban J connectivity index is 1.59. The summed E-state index contributed by atoms with van der Waals surface area (Å²) in [5, 5.41) is 0. The van der Waals surface area contributed by atoms with Crippen LogP contribution >= 0.6 is 0 Å². The van der Waals surface area contributed by atoms with Crippen LogP contribution in [0.3, 0.4) is 0 Å². The number of anilines is 3. The highest BCUT2D eigenvalue weighted by Crippen LogP contribution is 2.54. The molecule has 3 fully saturated rings. The van der Waals surface area contributed by atoms with E-state index in [0.29, 0.717) is 22.9 Å². The van der Waals surface area contributed by atoms with E-state index in [1.54, 1.807) is 6.33 Å². The summed E-state index contributed by atoms with van der Waals surface area (Å²) in [4.78, 5) is 16.4. The van der Waals surface area contributed by atoms with Gasteiger partial charge < -0.3 is 20.4 Å². The van der Waals surface area contributed by atoms with Crippen LogP contribution in [0.2, 0.25) is 0 Å². The van der Waals surface area contributed by atoms with Crippen LogP contribution in [0.25, 0.3) is 0 Å². The number of fused-ring (bicyclic) bond motifs is 2. The molecular weight excluding hydrogens is 336 g/mol. The van der Waals surface area contributed by atoms with Gasteiger partial charge in [-0.05, 0) is 63.1 Å². The van der Waals surface area contributed by atoms with E-state index in [2.05, 4.69) is 59.5 Å². The van der Waals surface area contributed by atoms with Crippen molar-refractivity contribution in [3.05, 3.63) is 6.33 Å². The lowest BCUT2D eigenvalue weighted by atomic mass is 9.65. The summed E-state index contributed by atoms with van der Waals surface area (Å²) in [6, 6.07) is 1.04. The molecule has 2 bridgehead atoms. The van der Waals surface area contributed by atoms with Crippen LogP contribution in [0.5, 0.6) is 0 Å². The van der Waals surface area contributed by atoms with E-state index in [-0.39, 0.29) is 0 Å². The molecule has 2 atom stereocenters. The van der Waals surface area contributed by atoms with Crippen molar-refractivity contribution in [3.63, 3.8) is 0 Å². The maximum absolute atomic E-state index is 6.67. The normalized spacial score (nSPS) is 31.3. The summed E-state index contributed by atoms with van der Waals surface area (Å²) >= 11 is 0. The van der Waals surface area contributed by atoms with Gasteiger partial charge in [-0.15, -0.1) is 0 Å². The zero-order valence-electron chi connectivity index (χ0n) is 17.7. The van der Waals surface area contributed by atoms with Gasteiger partial charge in [-0.25, -0.2) is 9.97 Å². The Morgan fingerprint density at radius 1 is 1.15 bits per heavy atom. The van der Waals surface area contributed by atoms with Crippen molar-refractivity contribution in [2.24, 2.45) is 10.8 Å². The minimum atomic E-state index is 0.365. The lowest BCUT2D eigenvalue weighted by molar-refractivity contribution is 0.136. The molecule has 6 nitrogen and oxygen atoms in total. The van der Waals surface area contributed by atoms with Gasteiger partial charge in [0, 0.05) is 25.7 Å². The topological polar surface area (TPSA) is 61.5 Å². The van der Waals surface area contributed by atoms with Crippen LogP contribution < -0.4 is 15.5 Å². The van der Waals surface area contributed by atoms with Gasteiger partial charge in [0.25, 0.3) is 0 Å². The van der Waals surface area contributed by atoms with Crippen LogP contribution in [-0.2, 0) is 0 Å². The van der Waals surface area contributed by atoms with Gasteiger partial charge in [0.1, 0.15) is 12.0 Å². The van der Waals surface area contributed by atoms with E-state index in [0.717, 1.165) is 49.8 Å². The molecule has 4 rings (SSSR count). The minimum absolute atomic E-state index is 0.365. The Labute approximate surface area is 164 Å². The van der Waals surface area contributed by atoms with E-state index < -0.39 is 0 Å². The molecule has 150 valence electrons. The number of hydrogen-bond acceptors (Lipinski definition) is 6. The van der Waals surface area contributed by atoms with Crippen molar-refractivity contribution >= 4 is 17.3 Å². The van der Waals surface area contributed by atoms with E-state index in [4.69, 9.17) is 5.73 Å². The van der Waals surface area contributed by atoms with Crippen molar-refractivity contribution in [3.8, 4) is 0 Å². The maximum atomic E-state index is 6.67. The van der Waals surface area contributed by atoms with E-state index in [9.17, 15) is 0 Å². The third-order valence-corrected chi connectivity index (χ3v) is 7.10.